The van der Waals surface area contributed by atoms with Crippen molar-refractivity contribution in [2.24, 2.45) is 5.73 Å². The van der Waals surface area contributed by atoms with E-state index in [-0.39, 0.29) is 19.6 Å². The van der Waals surface area contributed by atoms with Crippen molar-refractivity contribution in [3.63, 3.8) is 0 Å². The third-order valence-electron chi connectivity index (χ3n) is 1.88. The molecule has 0 aromatic carbocycles. The Morgan fingerprint density at radius 1 is 1.29 bits per heavy atom. The average Bonchev–Trinajstić information content (AvgIpc) is 2.20. The number of halogens is 3. The molecule has 0 heterocycles. The van der Waals surface area contributed by atoms with Gasteiger partial charge >= 0.3 is 6.18 Å². The smallest absolute Gasteiger partial charge is 0.330 e. The van der Waals surface area contributed by atoms with Crippen LogP contribution in [0.1, 0.15) is 19.8 Å². The minimum atomic E-state index is -4.56. The van der Waals surface area contributed by atoms with E-state index in [0.29, 0.717) is 12.8 Å². The highest BCUT2D eigenvalue weighted by Crippen LogP contribution is 2.13. The van der Waals surface area contributed by atoms with Gasteiger partial charge in [0.1, 0.15) is 6.54 Å². The number of nitrogens with one attached hydrogen (secondary N) is 1. The monoisotopic (exact) mass is 277 g/mol. The normalized spacial score (nSPS) is 13.3. The van der Waals surface area contributed by atoms with Gasteiger partial charge in [-0.05, 0) is 19.4 Å². The van der Waals surface area contributed by atoms with Crippen molar-refractivity contribution >= 4 is 10.2 Å². The second kappa shape index (κ2) is 7.14. The van der Waals surface area contributed by atoms with Crippen LogP contribution in [0.4, 0.5) is 13.2 Å². The fraction of sp³-hybridized carbons (Fsp3) is 1.00. The van der Waals surface area contributed by atoms with Gasteiger partial charge in [-0.1, -0.05) is 6.92 Å². The molecule has 0 aromatic heterocycles. The van der Waals surface area contributed by atoms with E-state index in [2.05, 4.69) is 0 Å². The Labute approximate surface area is 99.3 Å². The summed E-state index contributed by atoms with van der Waals surface area (Å²) >= 11 is 0. The fourth-order valence-corrected chi connectivity index (χ4v) is 2.45. The lowest BCUT2D eigenvalue weighted by Gasteiger charge is -2.22. The molecule has 5 nitrogen and oxygen atoms in total. The largest absolute Gasteiger partial charge is 0.402 e. The Balaban J connectivity index is 4.49. The third kappa shape index (κ3) is 7.53. The SMILES string of the molecule is CCCN(CCCN)S(=O)(=O)NCC(F)(F)F. The van der Waals surface area contributed by atoms with Crippen LogP contribution >= 0.6 is 0 Å². The van der Waals surface area contributed by atoms with Crippen LogP contribution in [-0.2, 0) is 10.2 Å². The van der Waals surface area contributed by atoms with Gasteiger partial charge in [-0.3, -0.25) is 0 Å². The molecule has 0 bridgehead atoms. The summed E-state index contributed by atoms with van der Waals surface area (Å²) < 4.78 is 61.4. The molecule has 3 N–H and O–H groups in total. The first kappa shape index (κ1) is 16.6. The zero-order valence-corrected chi connectivity index (χ0v) is 10.4. The molecule has 0 saturated heterocycles. The Kier molecular flexibility index (Phi) is 6.98. The summed E-state index contributed by atoms with van der Waals surface area (Å²) in [5.74, 6) is 0. The van der Waals surface area contributed by atoms with Gasteiger partial charge < -0.3 is 5.73 Å². The van der Waals surface area contributed by atoms with Crippen molar-refractivity contribution in [3.05, 3.63) is 0 Å². The number of hydrogen-bond acceptors (Lipinski definition) is 3. The molecule has 104 valence electrons. The minimum Gasteiger partial charge on any atom is -0.330 e. The van der Waals surface area contributed by atoms with Crippen LogP contribution in [0.15, 0.2) is 0 Å². The predicted octanol–water partition coefficient (Wildman–Crippen LogP) is 0.444. The van der Waals surface area contributed by atoms with Crippen LogP contribution < -0.4 is 10.5 Å². The van der Waals surface area contributed by atoms with Crippen LogP contribution in [0.3, 0.4) is 0 Å². The highest BCUT2D eigenvalue weighted by Gasteiger charge is 2.31. The maximum absolute atomic E-state index is 11.9. The first-order valence-corrected chi connectivity index (χ1v) is 6.68. The van der Waals surface area contributed by atoms with Gasteiger partial charge in [0, 0.05) is 13.1 Å². The number of alkyl halides is 3. The molecular formula is C8H18F3N3O2S. The maximum Gasteiger partial charge on any atom is 0.402 e. The van der Waals surface area contributed by atoms with Gasteiger partial charge in [0.05, 0.1) is 0 Å². The summed E-state index contributed by atoms with van der Waals surface area (Å²) in [5.41, 5.74) is 5.24. The van der Waals surface area contributed by atoms with E-state index in [1.807, 2.05) is 0 Å². The Morgan fingerprint density at radius 3 is 2.29 bits per heavy atom. The zero-order chi connectivity index (χ0) is 13.5. The molecule has 0 unspecified atom stereocenters. The average molecular weight is 277 g/mol. The van der Waals surface area contributed by atoms with Gasteiger partial charge in [-0.2, -0.15) is 30.6 Å². The van der Waals surface area contributed by atoms with E-state index in [1.54, 1.807) is 6.92 Å². The number of nitrogens with two attached hydrogens (primary N) is 1. The highest BCUT2D eigenvalue weighted by molar-refractivity contribution is 7.87. The highest BCUT2D eigenvalue weighted by atomic mass is 32.2. The lowest BCUT2D eigenvalue weighted by atomic mass is 10.4. The Morgan fingerprint density at radius 2 is 1.88 bits per heavy atom. The second-order valence-electron chi connectivity index (χ2n) is 3.48. The molecule has 0 atom stereocenters. The van der Waals surface area contributed by atoms with Crippen LogP contribution in [0, 0.1) is 0 Å². The third-order valence-corrected chi connectivity index (χ3v) is 3.43. The quantitative estimate of drug-likeness (QED) is 0.676. The van der Waals surface area contributed by atoms with Crippen molar-refractivity contribution in [2.45, 2.75) is 25.9 Å². The summed E-state index contributed by atoms with van der Waals surface area (Å²) in [7, 11) is -4.08. The van der Waals surface area contributed by atoms with E-state index < -0.39 is 22.9 Å². The molecule has 0 aromatic rings. The molecule has 0 amide bonds. The van der Waals surface area contributed by atoms with Crippen LogP contribution in [0.25, 0.3) is 0 Å². The van der Waals surface area contributed by atoms with Crippen LogP contribution in [-0.4, -0.2) is 45.1 Å². The van der Waals surface area contributed by atoms with Gasteiger partial charge in [-0.15, -0.1) is 0 Å². The first-order valence-electron chi connectivity index (χ1n) is 5.24. The van der Waals surface area contributed by atoms with Crippen molar-refractivity contribution in [1.82, 2.24) is 9.03 Å². The van der Waals surface area contributed by atoms with Crippen LogP contribution in [0.5, 0.6) is 0 Å². The van der Waals surface area contributed by atoms with Gasteiger partial charge in [-0.25, -0.2) is 0 Å². The second-order valence-corrected chi connectivity index (χ2v) is 5.24. The molecule has 0 aliphatic carbocycles. The topological polar surface area (TPSA) is 75.4 Å². The molecule has 0 aliphatic rings. The number of hydrogen-bond donors (Lipinski definition) is 2. The predicted molar refractivity (Wildman–Crippen MR) is 58.5 cm³/mol. The van der Waals surface area contributed by atoms with E-state index in [4.69, 9.17) is 5.73 Å². The summed E-state index contributed by atoms with van der Waals surface area (Å²) in [6.07, 6.45) is -3.62. The summed E-state index contributed by atoms with van der Waals surface area (Å²) in [5, 5.41) is 0. The van der Waals surface area contributed by atoms with Crippen molar-refractivity contribution in [2.75, 3.05) is 26.2 Å². The number of nitrogens with zero attached hydrogens (tertiary/aromatic N) is 1. The van der Waals surface area contributed by atoms with Crippen molar-refractivity contribution < 1.29 is 21.6 Å². The Hall–Kier alpha value is -0.380. The molecule has 0 radical (unpaired) electrons. The van der Waals surface area contributed by atoms with Gasteiger partial charge in [0.15, 0.2) is 0 Å². The molecule has 17 heavy (non-hydrogen) atoms. The minimum absolute atomic E-state index is 0.123. The summed E-state index contributed by atoms with van der Waals surface area (Å²) in [6.45, 7) is 0.770. The Bertz CT molecular complexity index is 306. The number of rotatable bonds is 8. The zero-order valence-electron chi connectivity index (χ0n) is 9.63. The molecule has 9 heteroatoms. The van der Waals surface area contributed by atoms with E-state index in [0.717, 1.165) is 4.31 Å². The standard InChI is InChI=1S/C8H18F3N3O2S/c1-2-5-14(6-3-4-12)17(15,16)13-7-8(9,10)11/h13H,2-7,12H2,1H3. The summed E-state index contributed by atoms with van der Waals surface area (Å²) in [4.78, 5) is 0. The van der Waals surface area contributed by atoms with E-state index in [1.165, 1.54) is 4.72 Å². The van der Waals surface area contributed by atoms with Crippen molar-refractivity contribution in [3.8, 4) is 0 Å². The molecule has 0 fully saturated rings. The van der Waals surface area contributed by atoms with Gasteiger partial charge in [0.2, 0.25) is 0 Å². The van der Waals surface area contributed by atoms with E-state index >= 15 is 0 Å². The van der Waals surface area contributed by atoms with E-state index in [9.17, 15) is 21.6 Å². The fourth-order valence-electron chi connectivity index (χ4n) is 1.13. The van der Waals surface area contributed by atoms with Crippen LogP contribution in [0.2, 0.25) is 0 Å². The lowest BCUT2D eigenvalue weighted by molar-refractivity contribution is -0.121. The molecule has 0 aliphatic heterocycles. The molecule has 0 saturated carbocycles. The van der Waals surface area contributed by atoms with Gasteiger partial charge in [0.25, 0.3) is 10.2 Å². The first-order chi connectivity index (χ1) is 7.73. The van der Waals surface area contributed by atoms with Crippen molar-refractivity contribution in [1.29, 1.82) is 0 Å². The summed E-state index contributed by atoms with van der Waals surface area (Å²) in [6, 6.07) is 0. The molecule has 0 rings (SSSR count). The molecular weight excluding hydrogens is 259 g/mol. The maximum atomic E-state index is 11.9. The lowest BCUT2D eigenvalue weighted by Crippen LogP contribution is -2.45. The molecule has 0 spiro atoms.